The summed E-state index contributed by atoms with van der Waals surface area (Å²) in [6.45, 7) is 4.60. The van der Waals surface area contributed by atoms with Crippen LogP contribution in [0, 0.1) is 5.82 Å². The second-order valence-corrected chi connectivity index (χ2v) is 8.53. The Morgan fingerprint density at radius 2 is 1.88 bits per heavy atom. The Balaban J connectivity index is 1.64. The highest BCUT2D eigenvalue weighted by atomic mass is 35.5. The first-order valence-electron chi connectivity index (χ1n) is 10.8. The Morgan fingerprint density at radius 1 is 1.15 bits per heavy atom. The number of anilines is 2. The minimum Gasteiger partial charge on any atom is -0.398 e. The Bertz CT molecular complexity index is 1080. The van der Waals surface area contributed by atoms with Crippen molar-refractivity contribution in [2.45, 2.75) is 6.42 Å². The Labute approximate surface area is 203 Å². The molecule has 3 rings (SSSR count). The molecule has 1 fully saturated rings. The van der Waals surface area contributed by atoms with Crippen LogP contribution in [0.1, 0.15) is 12.0 Å². The Morgan fingerprint density at radius 3 is 2.59 bits per heavy atom. The van der Waals surface area contributed by atoms with Crippen LogP contribution in [-0.4, -0.2) is 60.5 Å². The summed E-state index contributed by atoms with van der Waals surface area (Å²) >= 11 is 5.95. The molecule has 1 aliphatic rings. The van der Waals surface area contributed by atoms with E-state index >= 15 is 0 Å². The molecular formula is C23H30ClFN8O. The molecule has 2 heterocycles. The van der Waals surface area contributed by atoms with Gasteiger partial charge in [-0.25, -0.2) is 9.37 Å². The molecular weight excluding hydrogens is 459 g/mol. The predicted molar refractivity (Wildman–Crippen MR) is 134 cm³/mol. The van der Waals surface area contributed by atoms with Crippen molar-refractivity contribution in [3.05, 3.63) is 70.5 Å². The molecule has 11 heteroatoms. The molecule has 9 nitrogen and oxygen atoms in total. The van der Waals surface area contributed by atoms with Crippen LogP contribution >= 0.6 is 11.6 Å². The average molecular weight is 489 g/mol. The maximum absolute atomic E-state index is 14.1. The Hall–Kier alpha value is -3.34. The summed E-state index contributed by atoms with van der Waals surface area (Å²) in [7, 11) is 2.09. The fraction of sp³-hybridized carbons (Fsp3) is 0.304. The van der Waals surface area contributed by atoms with Crippen LogP contribution < -0.4 is 27.8 Å². The van der Waals surface area contributed by atoms with Crippen LogP contribution in [0.5, 0.6) is 0 Å². The summed E-state index contributed by atoms with van der Waals surface area (Å²) in [5, 5.41) is 6.17. The molecule has 1 aliphatic heterocycles. The van der Waals surface area contributed by atoms with Crippen LogP contribution in [0.25, 0.3) is 5.70 Å². The molecule has 34 heavy (non-hydrogen) atoms. The van der Waals surface area contributed by atoms with Gasteiger partial charge in [-0.1, -0.05) is 11.6 Å². The highest BCUT2D eigenvalue weighted by Crippen LogP contribution is 2.22. The zero-order valence-corrected chi connectivity index (χ0v) is 19.8. The van der Waals surface area contributed by atoms with E-state index in [-0.39, 0.29) is 28.7 Å². The lowest BCUT2D eigenvalue weighted by Crippen LogP contribution is -2.45. The number of hydrogen-bond acceptors (Lipinski definition) is 8. The summed E-state index contributed by atoms with van der Waals surface area (Å²) in [5.74, 6) is -0.335. The number of carbonyl (C=O) groups excluding carboxylic acids is 1. The van der Waals surface area contributed by atoms with Crippen LogP contribution in [0.4, 0.5) is 15.9 Å². The molecule has 1 saturated heterocycles. The van der Waals surface area contributed by atoms with Crippen molar-refractivity contribution in [2.24, 2.45) is 17.2 Å². The van der Waals surface area contributed by atoms with Gasteiger partial charge < -0.3 is 37.6 Å². The normalized spacial score (nSPS) is 15.1. The van der Waals surface area contributed by atoms with Crippen molar-refractivity contribution in [1.82, 2.24) is 14.8 Å². The lowest BCUT2D eigenvalue weighted by Gasteiger charge is -2.32. The number of allylic oxidation sites excluding steroid dienone is 1. The standard InChI is InChI=1S/C23H30ClFN8O/c1-32-8-10-33(11-9-32)7-5-22(34)31-21-13-16(4-6-29-21)30-20(23(27)28)14-19(26)17-12-15(24)2-3-18(17)25/h2-4,6,12-14H,5,7-11,26-28H2,1H3,(H2,29,30,31,34)/b19-14-. The van der Waals surface area contributed by atoms with E-state index < -0.39 is 5.82 Å². The average Bonchev–Trinajstić information content (AvgIpc) is 2.80. The number of nitrogens with zero attached hydrogens (tertiary/aromatic N) is 3. The SMILES string of the molecule is CN1CCN(CCC(=O)Nc2cc(NC(/C=C(\N)c3cc(Cl)ccc3F)=C(N)N)ccn2)CC1. The van der Waals surface area contributed by atoms with E-state index in [9.17, 15) is 9.18 Å². The first-order chi connectivity index (χ1) is 16.2. The van der Waals surface area contributed by atoms with Crippen molar-refractivity contribution >= 4 is 34.7 Å². The number of nitrogens with one attached hydrogen (secondary N) is 2. The third-order valence-corrected chi connectivity index (χ3v) is 5.64. The smallest absolute Gasteiger partial charge is 0.226 e. The molecule has 0 aliphatic carbocycles. The van der Waals surface area contributed by atoms with Gasteiger partial charge in [0.15, 0.2) is 0 Å². The molecule has 0 atom stereocenters. The lowest BCUT2D eigenvalue weighted by molar-refractivity contribution is -0.116. The van der Waals surface area contributed by atoms with Gasteiger partial charge in [0.25, 0.3) is 0 Å². The number of pyridine rings is 1. The topological polar surface area (TPSA) is 139 Å². The van der Waals surface area contributed by atoms with Crippen molar-refractivity contribution in [2.75, 3.05) is 50.4 Å². The van der Waals surface area contributed by atoms with Crippen molar-refractivity contribution in [3.8, 4) is 0 Å². The maximum Gasteiger partial charge on any atom is 0.226 e. The van der Waals surface area contributed by atoms with Crippen LogP contribution in [0.3, 0.4) is 0 Å². The highest BCUT2D eigenvalue weighted by molar-refractivity contribution is 6.30. The minimum atomic E-state index is -0.529. The first kappa shape index (κ1) is 25.3. The summed E-state index contributed by atoms with van der Waals surface area (Å²) in [5.41, 5.74) is 18.7. The van der Waals surface area contributed by atoms with Gasteiger partial charge in [0.05, 0.1) is 5.70 Å². The maximum atomic E-state index is 14.1. The van der Waals surface area contributed by atoms with Crippen molar-refractivity contribution in [1.29, 1.82) is 0 Å². The highest BCUT2D eigenvalue weighted by Gasteiger charge is 2.15. The van der Waals surface area contributed by atoms with Crippen molar-refractivity contribution in [3.63, 3.8) is 0 Å². The number of piperazine rings is 1. The summed E-state index contributed by atoms with van der Waals surface area (Å²) < 4.78 is 14.1. The number of carbonyl (C=O) groups is 1. The summed E-state index contributed by atoms with van der Waals surface area (Å²) in [6.07, 6.45) is 3.32. The minimum absolute atomic E-state index is 0.0556. The quantitative estimate of drug-likeness (QED) is 0.355. The van der Waals surface area contributed by atoms with E-state index in [0.29, 0.717) is 29.5 Å². The van der Waals surface area contributed by atoms with Gasteiger partial charge in [0.2, 0.25) is 5.91 Å². The molecule has 0 saturated carbocycles. The fourth-order valence-corrected chi connectivity index (χ4v) is 3.58. The van der Waals surface area contributed by atoms with Gasteiger partial charge in [0, 0.05) is 73.4 Å². The van der Waals surface area contributed by atoms with Gasteiger partial charge in [-0.15, -0.1) is 0 Å². The lowest BCUT2D eigenvalue weighted by atomic mass is 10.1. The van der Waals surface area contributed by atoms with E-state index in [1.54, 1.807) is 12.1 Å². The van der Waals surface area contributed by atoms with Gasteiger partial charge >= 0.3 is 0 Å². The third-order valence-electron chi connectivity index (χ3n) is 5.41. The second kappa shape index (κ2) is 11.7. The zero-order chi connectivity index (χ0) is 24.7. The number of hydrogen-bond donors (Lipinski definition) is 5. The molecule has 0 spiro atoms. The molecule has 0 bridgehead atoms. The van der Waals surface area contributed by atoms with E-state index in [1.807, 2.05) is 0 Å². The molecule has 8 N–H and O–H groups in total. The molecule has 182 valence electrons. The summed E-state index contributed by atoms with van der Waals surface area (Å²) in [4.78, 5) is 21.1. The van der Waals surface area contributed by atoms with E-state index in [2.05, 4.69) is 32.5 Å². The molecule has 0 unspecified atom stereocenters. The third kappa shape index (κ3) is 7.34. The number of rotatable bonds is 8. The van der Waals surface area contributed by atoms with Gasteiger partial charge in [-0.2, -0.15) is 0 Å². The molecule has 2 aromatic rings. The van der Waals surface area contributed by atoms with Gasteiger partial charge in [-0.3, -0.25) is 4.79 Å². The van der Waals surface area contributed by atoms with Gasteiger partial charge in [0.1, 0.15) is 17.5 Å². The predicted octanol–water partition coefficient (Wildman–Crippen LogP) is 1.95. The monoisotopic (exact) mass is 488 g/mol. The number of aromatic nitrogens is 1. The molecule has 1 aromatic carbocycles. The van der Waals surface area contributed by atoms with E-state index in [4.69, 9.17) is 28.8 Å². The first-order valence-corrected chi connectivity index (χ1v) is 11.2. The number of nitrogens with two attached hydrogens (primary N) is 3. The van der Waals surface area contributed by atoms with Gasteiger partial charge in [-0.05, 0) is 37.4 Å². The summed E-state index contributed by atoms with van der Waals surface area (Å²) in [6, 6.07) is 7.38. The van der Waals surface area contributed by atoms with Crippen LogP contribution in [0.15, 0.2) is 54.1 Å². The molecule has 1 amide bonds. The second-order valence-electron chi connectivity index (χ2n) is 8.09. The number of benzene rings is 1. The largest absolute Gasteiger partial charge is 0.398 e. The fourth-order valence-electron chi connectivity index (χ4n) is 3.41. The number of amides is 1. The van der Waals surface area contributed by atoms with E-state index in [0.717, 1.165) is 26.2 Å². The van der Waals surface area contributed by atoms with Crippen LogP contribution in [0.2, 0.25) is 5.02 Å². The number of likely N-dealkylation sites (N-methyl/N-ethyl adjacent to an activating group) is 1. The van der Waals surface area contributed by atoms with Crippen LogP contribution in [-0.2, 0) is 4.79 Å². The zero-order valence-electron chi connectivity index (χ0n) is 19.0. The van der Waals surface area contributed by atoms with E-state index in [1.165, 1.54) is 30.5 Å². The number of halogens is 2. The Kier molecular flexibility index (Phi) is 8.69. The van der Waals surface area contributed by atoms with Crippen molar-refractivity contribution < 1.29 is 9.18 Å². The molecule has 1 aromatic heterocycles. The molecule has 0 radical (unpaired) electrons.